The van der Waals surface area contributed by atoms with Gasteiger partial charge in [0.1, 0.15) is 0 Å². The smallest absolute Gasteiger partial charge is 0.0945 e. The SMILES string of the molecule is C=C(CCCC1(CCCC(=C)CC2(CC)CCC(C)CC2)CCCN(CCCCn2ccnc2)CC1)CCC(SCCC)SCCCCCCCCC. The summed E-state index contributed by atoms with van der Waals surface area (Å²) in [4.78, 5) is 7.03. The number of thioether (sulfide) groups is 2. The molecule has 2 atom stereocenters. The van der Waals surface area contributed by atoms with Crippen molar-refractivity contribution in [2.75, 3.05) is 31.1 Å². The normalized spacial score (nSPS) is 23.2. The molecule has 0 aromatic carbocycles. The minimum Gasteiger partial charge on any atom is -0.337 e. The molecule has 0 spiro atoms. The molecule has 0 radical (unpaired) electrons. The molecule has 1 aliphatic heterocycles. The second-order valence-corrected chi connectivity index (χ2v) is 20.9. The summed E-state index contributed by atoms with van der Waals surface area (Å²) in [6.07, 6.45) is 42.6. The summed E-state index contributed by atoms with van der Waals surface area (Å²) >= 11 is 4.48. The number of hydrogen-bond acceptors (Lipinski definition) is 4. The maximum Gasteiger partial charge on any atom is 0.0945 e. The van der Waals surface area contributed by atoms with E-state index in [0.29, 0.717) is 10.8 Å². The lowest BCUT2D eigenvalue weighted by molar-refractivity contribution is 0.145. The fraction of sp³-hybridized carbons (Fsp3) is 0.854. The van der Waals surface area contributed by atoms with E-state index in [9.17, 15) is 0 Å². The van der Waals surface area contributed by atoms with Crippen LogP contribution in [0.25, 0.3) is 0 Å². The minimum absolute atomic E-state index is 0.501. The Balaban J connectivity index is 1.47. The van der Waals surface area contributed by atoms with Gasteiger partial charge in [-0.15, -0.1) is 23.5 Å². The average molecular weight is 770 g/mol. The maximum absolute atomic E-state index is 4.71. The van der Waals surface area contributed by atoms with Gasteiger partial charge in [-0.2, -0.15) is 0 Å². The van der Waals surface area contributed by atoms with E-state index in [2.05, 4.69) is 78.4 Å². The predicted octanol–water partition coefficient (Wildman–Crippen LogP) is 15.3. The zero-order chi connectivity index (χ0) is 38.0. The van der Waals surface area contributed by atoms with Gasteiger partial charge in [0.15, 0.2) is 0 Å². The summed E-state index contributed by atoms with van der Waals surface area (Å²) in [5, 5.41) is 0. The molecule has 1 aliphatic carbocycles. The van der Waals surface area contributed by atoms with Crippen molar-refractivity contribution < 1.29 is 0 Å². The van der Waals surface area contributed by atoms with E-state index >= 15 is 0 Å². The quantitative estimate of drug-likeness (QED) is 0.0426. The number of imidazole rings is 1. The first-order chi connectivity index (χ1) is 25.8. The molecule has 2 heterocycles. The molecule has 3 nitrogen and oxygen atoms in total. The van der Waals surface area contributed by atoms with Crippen LogP contribution >= 0.6 is 23.5 Å². The van der Waals surface area contributed by atoms with Crippen molar-refractivity contribution >= 4 is 23.5 Å². The summed E-state index contributed by atoms with van der Waals surface area (Å²) in [5.74, 6) is 3.57. The Hall–Kier alpha value is -0.650. The lowest BCUT2D eigenvalue weighted by Crippen LogP contribution is -2.28. The zero-order valence-electron chi connectivity index (χ0n) is 35.8. The van der Waals surface area contributed by atoms with Crippen molar-refractivity contribution in [3.8, 4) is 0 Å². The van der Waals surface area contributed by atoms with E-state index in [1.54, 1.807) is 5.57 Å². The van der Waals surface area contributed by atoms with Crippen LogP contribution in [-0.4, -0.2) is 50.2 Å². The first kappa shape index (κ1) is 46.7. The largest absolute Gasteiger partial charge is 0.337 e. The van der Waals surface area contributed by atoms with Crippen LogP contribution in [-0.2, 0) is 6.54 Å². The van der Waals surface area contributed by atoms with Gasteiger partial charge in [0, 0.05) is 18.9 Å². The summed E-state index contributed by atoms with van der Waals surface area (Å²) in [6, 6.07) is 0. The molecular weight excluding hydrogens is 683 g/mol. The van der Waals surface area contributed by atoms with E-state index in [0.717, 1.165) is 17.0 Å². The van der Waals surface area contributed by atoms with Crippen molar-refractivity contribution in [1.29, 1.82) is 0 Å². The van der Waals surface area contributed by atoms with Crippen molar-refractivity contribution in [2.24, 2.45) is 16.7 Å². The van der Waals surface area contributed by atoms with E-state index in [4.69, 9.17) is 6.58 Å². The fourth-order valence-electron chi connectivity index (χ4n) is 9.47. The van der Waals surface area contributed by atoms with Gasteiger partial charge in [-0.05, 0) is 163 Å². The van der Waals surface area contributed by atoms with Gasteiger partial charge in [-0.3, -0.25) is 0 Å². The van der Waals surface area contributed by atoms with Crippen LogP contribution in [0.3, 0.4) is 0 Å². The summed E-state index contributed by atoms with van der Waals surface area (Å²) in [7, 11) is 0. The number of nitrogens with zero attached hydrogens (tertiary/aromatic N) is 3. The third-order valence-electron chi connectivity index (χ3n) is 13.3. The molecule has 0 N–H and O–H groups in total. The molecule has 0 amide bonds. The Morgan fingerprint density at radius 1 is 0.736 bits per heavy atom. The monoisotopic (exact) mass is 770 g/mol. The van der Waals surface area contributed by atoms with Crippen LogP contribution in [0.2, 0.25) is 0 Å². The molecule has 1 saturated heterocycles. The van der Waals surface area contributed by atoms with Gasteiger partial charge < -0.3 is 9.47 Å². The first-order valence-electron chi connectivity index (χ1n) is 23.1. The van der Waals surface area contributed by atoms with Crippen molar-refractivity contribution in [3.63, 3.8) is 0 Å². The Morgan fingerprint density at radius 2 is 1.43 bits per heavy atom. The van der Waals surface area contributed by atoms with Crippen molar-refractivity contribution in [2.45, 2.75) is 212 Å². The number of likely N-dealkylation sites (tertiary alicyclic amines) is 1. The molecule has 53 heavy (non-hydrogen) atoms. The summed E-state index contributed by atoms with van der Waals surface area (Å²) in [6.45, 7) is 23.9. The molecule has 2 unspecified atom stereocenters. The maximum atomic E-state index is 4.71. The third-order valence-corrected chi connectivity index (χ3v) is 16.5. The van der Waals surface area contributed by atoms with E-state index in [-0.39, 0.29) is 0 Å². The predicted molar refractivity (Wildman–Crippen MR) is 241 cm³/mol. The van der Waals surface area contributed by atoms with E-state index in [1.165, 1.54) is 210 Å². The van der Waals surface area contributed by atoms with E-state index in [1.807, 2.05) is 12.5 Å². The standard InChI is InChI=1S/C48H87N3S2/c1-7-10-11-12-13-14-17-40-53-46(52-39-8-2)24-23-43(4)21-18-27-48(28-19-22-45(6)41-47(9-3)30-25-44(5)26-31-47)29-20-36-50(37-32-48)34-15-16-35-51-38-33-49-42-51/h33,38,42,44,46H,4,6-32,34-37,39-41H2,1-3,5H3. The molecule has 1 saturated carbocycles. The van der Waals surface area contributed by atoms with Crippen molar-refractivity contribution in [1.82, 2.24) is 14.5 Å². The molecule has 2 fully saturated rings. The molecule has 1 aromatic rings. The third kappa shape index (κ3) is 19.9. The molecule has 306 valence electrons. The van der Waals surface area contributed by atoms with Crippen LogP contribution in [0.5, 0.6) is 0 Å². The van der Waals surface area contributed by atoms with Gasteiger partial charge in [-0.1, -0.05) is 110 Å². The van der Waals surface area contributed by atoms with Crippen LogP contribution in [0.1, 0.15) is 201 Å². The van der Waals surface area contributed by atoms with Crippen molar-refractivity contribution in [3.05, 3.63) is 43.0 Å². The van der Waals surface area contributed by atoms with Gasteiger partial charge in [0.25, 0.3) is 0 Å². The zero-order valence-corrected chi connectivity index (χ0v) is 37.4. The molecule has 1 aromatic heterocycles. The highest BCUT2D eigenvalue weighted by atomic mass is 32.2. The molecule has 0 bridgehead atoms. The molecule has 5 heteroatoms. The Kier molecular flexibility index (Phi) is 24.6. The first-order valence-corrected chi connectivity index (χ1v) is 25.2. The van der Waals surface area contributed by atoms with Crippen LogP contribution in [0.4, 0.5) is 0 Å². The number of rotatable bonds is 31. The second kappa shape index (κ2) is 27.9. The van der Waals surface area contributed by atoms with Gasteiger partial charge >= 0.3 is 0 Å². The Bertz CT molecular complexity index is 1060. The molecular formula is C48H87N3S2. The highest BCUT2D eigenvalue weighted by Gasteiger charge is 2.34. The fourth-order valence-corrected chi connectivity index (χ4v) is 12.1. The van der Waals surface area contributed by atoms with E-state index < -0.39 is 0 Å². The number of allylic oxidation sites excluding steroid dienone is 2. The van der Waals surface area contributed by atoms with Gasteiger partial charge in [0.05, 0.1) is 10.9 Å². The average Bonchev–Trinajstić information content (AvgIpc) is 3.60. The lowest BCUT2D eigenvalue weighted by Gasteiger charge is -2.40. The van der Waals surface area contributed by atoms with Gasteiger partial charge in [-0.25, -0.2) is 4.98 Å². The summed E-state index contributed by atoms with van der Waals surface area (Å²) in [5.41, 5.74) is 4.12. The Labute approximate surface area is 339 Å². The van der Waals surface area contributed by atoms with Crippen LogP contribution < -0.4 is 0 Å². The number of unbranched alkanes of at least 4 members (excludes halogenated alkanes) is 7. The number of aryl methyl sites for hydroxylation is 1. The second-order valence-electron chi connectivity index (χ2n) is 18.0. The minimum atomic E-state index is 0.501. The highest BCUT2D eigenvalue weighted by Crippen LogP contribution is 2.47. The number of aromatic nitrogens is 2. The van der Waals surface area contributed by atoms with Crippen LogP contribution in [0, 0.1) is 16.7 Å². The lowest BCUT2D eigenvalue weighted by atomic mass is 9.66. The topological polar surface area (TPSA) is 21.1 Å². The molecule has 3 rings (SSSR count). The summed E-state index contributed by atoms with van der Waals surface area (Å²) < 4.78 is 2.98. The van der Waals surface area contributed by atoms with Gasteiger partial charge in [0.2, 0.25) is 0 Å². The Morgan fingerprint density at radius 3 is 2.13 bits per heavy atom. The van der Waals surface area contributed by atoms with Crippen LogP contribution in [0.15, 0.2) is 43.0 Å². The highest BCUT2D eigenvalue weighted by molar-refractivity contribution is 8.17. The molecule has 2 aliphatic rings. The number of hydrogen-bond donors (Lipinski definition) is 0.